The van der Waals surface area contributed by atoms with Gasteiger partial charge in [0.05, 0.1) is 0 Å². The summed E-state index contributed by atoms with van der Waals surface area (Å²) in [5.41, 5.74) is 0. The molecular formula is C13H25N5O. The quantitative estimate of drug-likeness (QED) is 0.832. The highest BCUT2D eigenvalue weighted by Gasteiger charge is 2.18. The molecule has 1 N–H and O–H groups in total. The summed E-state index contributed by atoms with van der Waals surface area (Å²) < 4.78 is 5.06. The zero-order chi connectivity index (χ0) is 13.7. The Labute approximate surface area is 115 Å². The molecule has 1 fully saturated rings. The fourth-order valence-corrected chi connectivity index (χ4v) is 2.31. The number of aryl methyl sites for hydroxylation is 1. The van der Waals surface area contributed by atoms with E-state index in [1.54, 1.807) is 0 Å². The molecule has 1 aromatic rings. The molecule has 6 nitrogen and oxygen atoms in total. The maximum Gasteiger partial charge on any atom is 0.263 e. The van der Waals surface area contributed by atoms with Crippen LogP contribution in [0.3, 0.4) is 0 Å². The number of rotatable bonds is 6. The second-order valence-electron chi connectivity index (χ2n) is 5.27. The van der Waals surface area contributed by atoms with E-state index in [4.69, 9.17) is 4.52 Å². The minimum atomic E-state index is 0.596. The van der Waals surface area contributed by atoms with Crippen molar-refractivity contribution in [3.8, 4) is 0 Å². The Morgan fingerprint density at radius 2 is 2.05 bits per heavy atom. The summed E-state index contributed by atoms with van der Waals surface area (Å²) >= 11 is 0. The SMILES string of the molecule is CCc1nc(NCCC(C)N2CCN(C)CC2)no1. The van der Waals surface area contributed by atoms with Crippen LogP contribution in [0, 0.1) is 0 Å². The van der Waals surface area contributed by atoms with E-state index in [1.807, 2.05) is 6.92 Å². The van der Waals surface area contributed by atoms with E-state index in [1.165, 1.54) is 26.2 Å². The van der Waals surface area contributed by atoms with Crippen molar-refractivity contribution in [3.63, 3.8) is 0 Å². The molecule has 108 valence electrons. The Kier molecular flexibility index (Phi) is 5.15. The topological polar surface area (TPSA) is 57.4 Å². The van der Waals surface area contributed by atoms with Crippen molar-refractivity contribution in [3.05, 3.63) is 5.89 Å². The Balaban J connectivity index is 1.67. The predicted octanol–water partition coefficient (Wildman–Crippen LogP) is 1.07. The minimum Gasteiger partial charge on any atom is -0.352 e. The van der Waals surface area contributed by atoms with Crippen molar-refractivity contribution in [2.45, 2.75) is 32.7 Å². The number of hydrogen-bond acceptors (Lipinski definition) is 6. The van der Waals surface area contributed by atoms with Crippen LogP contribution in [0.1, 0.15) is 26.2 Å². The number of nitrogens with one attached hydrogen (secondary N) is 1. The Hall–Kier alpha value is -1.14. The first-order chi connectivity index (χ1) is 9.19. The van der Waals surface area contributed by atoms with Crippen LogP contribution in [-0.4, -0.2) is 65.8 Å². The molecule has 1 saturated heterocycles. The summed E-state index contributed by atoms with van der Waals surface area (Å²) in [6.07, 6.45) is 1.88. The lowest BCUT2D eigenvalue weighted by Gasteiger charge is -2.36. The summed E-state index contributed by atoms with van der Waals surface area (Å²) in [6, 6.07) is 0.596. The maximum absolute atomic E-state index is 5.06. The fraction of sp³-hybridized carbons (Fsp3) is 0.846. The van der Waals surface area contributed by atoms with Gasteiger partial charge in [-0.25, -0.2) is 0 Å². The molecule has 0 bridgehead atoms. The first-order valence-corrected chi connectivity index (χ1v) is 7.18. The number of anilines is 1. The lowest BCUT2D eigenvalue weighted by molar-refractivity contribution is 0.116. The van der Waals surface area contributed by atoms with Crippen molar-refractivity contribution < 1.29 is 4.52 Å². The fourth-order valence-electron chi connectivity index (χ4n) is 2.31. The van der Waals surface area contributed by atoms with Crippen LogP contribution < -0.4 is 5.32 Å². The third kappa shape index (κ3) is 4.18. The molecule has 1 aliphatic rings. The summed E-state index contributed by atoms with van der Waals surface area (Å²) in [4.78, 5) is 9.17. The van der Waals surface area contributed by atoms with Gasteiger partial charge in [-0.05, 0) is 25.5 Å². The number of aromatic nitrogens is 2. The molecule has 0 aromatic carbocycles. The van der Waals surface area contributed by atoms with E-state index in [9.17, 15) is 0 Å². The lowest BCUT2D eigenvalue weighted by Crippen LogP contribution is -2.48. The lowest BCUT2D eigenvalue weighted by atomic mass is 10.1. The Morgan fingerprint density at radius 1 is 1.32 bits per heavy atom. The van der Waals surface area contributed by atoms with Gasteiger partial charge in [-0.2, -0.15) is 4.98 Å². The third-order valence-corrected chi connectivity index (χ3v) is 3.78. The van der Waals surface area contributed by atoms with E-state index in [0.717, 1.165) is 19.4 Å². The molecule has 0 amide bonds. The number of likely N-dealkylation sites (N-methyl/N-ethyl adjacent to an activating group) is 1. The summed E-state index contributed by atoms with van der Waals surface area (Å²) in [6.45, 7) is 9.86. The molecule has 19 heavy (non-hydrogen) atoms. The average molecular weight is 267 g/mol. The average Bonchev–Trinajstić information content (AvgIpc) is 2.87. The zero-order valence-electron chi connectivity index (χ0n) is 12.2. The molecular weight excluding hydrogens is 242 g/mol. The first kappa shape index (κ1) is 14.3. The molecule has 2 rings (SSSR count). The molecule has 1 aliphatic heterocycles. The molecule has 0 spiro atoms. The van der Waals surface area contributed by atoms with Crippen LogP contribution in [0.5, 0.6) is 0 Å². The van der Waals surface area contributed by atoms with Crippen LogP contribution >= 0.6 is 0 Å². The summed E-state index contributed by atoms with van der Waals surface area (Å²) in [5, 5.41) is 7.11. The van der Waals surface area contributed by atoms with Crippen molar-refractivity contribution in [1.29, 1.82) is 0 Å². The van der Waals surface area contributed by atoms with Gasteiger partial charge < -0.3 is 14.7 Å². The van der Waals surface area contributed by atoms with Gasteiger partial charge in [-0.1, -0.05) is 6.92 Å². The molecule has 1 unspecified atom stereocenters. The van der Waals surface area contributed by atoms with Crippen LogP contribution in [0.25, 0.3) is 0 Å². The second-order valence-corrected chi connectivity index (χ2v) is 5.27. The molecule has 6 heteroatoms. The van der Waals surface area contributed by atoms with E-state index in [2.05, 4.69) is 39.2 Å². The number of hydrogen-bond donors (Lipinski definition) is 1. The smallest absolute Gasteiger partial charge is 0.263 e. The molecule has 1 aromatic heterocycles. The van der Waals surface area contributed by atoms with Gasteiger partial charge in [0, 0.05) is 45.2 Å². The first-order valence-electron chi connectivity index (χ1n) is 7.18. The monoisotopic (exact) mass is 267 g/mol. The highest BCUT2D eigenvalue weighted by atomic mass is 16.5. The van der Waals surface area contributed by atoms with Crippen molar-refractivity contribution >= 4 is 5.95 Å². The van der Waals surface area contributed by atoms with Crippen molar-refractivity contribution in [2.24, 2.45) is 0 Å². The number of piperazine rings is 1. The van der Waals surface area contributed by atoms with E-state index < -0.39 is 0 Å². The van der Waals surface area contributed by atoms with Gasteiger partial charge in [-0.15, -0.1) is 0 Å². The normalized spacial score (nSPS) is 19.5. The number of nitrogens with zero attached hydrogens (tertiary/aromatic N) is 4. The van der Waals surface area contributed by atoms with E-state index in [0.29, 0.717) is 17.9 Å². The minimum absolute atomic E-state index is 0.596. The van der Waals surface area contributed by atoms with E-state index in [-0.39, 0.29) is 0 Å². The molecule has 0 saturated carbocycles. The Bertz CT molecular complexity index is 373. The largest absolute Gasteiger partial charge is 0.352 e. The molecule has 1 atom stereocenters. The maximum atomic E-state index is 5.06. The van der Waals surface area contributed by atoms with Crippen molar-refractivity contribution in [1.82, 2.24) is 19.9 Å². The highest BCUT2D eigenvalue weighted by molar-refractivity contribution is 5.20. The van der Waals surface area contributed by atoms with Gasteiger partial charge >= 0.3 is 0 Å². The second kappa shape index (κ2) is 6.86. The highest BCUT2D eigenvalue weighted by Crippen LogP contribution is 2.09. The van der Waals surface area contributed by atoms with Crippen molar-refractivity contribution in [2.75, 3.05) is 45.1 Å². The Morgan fingerprint density at radius 3 is 2.68 bits per heavy atom. The van der Waals surface area contributed by atoms with Gasteiger partial charge in [0.15, 0.2) is 0 Å². The van der Waals surface area contributed by atoms with Crippen LogP contribution in [0.2, 0.25) is 0 Å². The third-order valence-electron chi connectivity index (χ3n) is 3.78. The predicted molar refractivity (Wildman–Crippen MR) is 75.3 cm³/mol. The van der Waals surface area contributed by atoms with Gasteiger partial charge in [0.25, 0.3) is 5.95 Å². The van der Waals surface area contributed by atoms with Crippen LogP contribution in [0.4, 0.5) is 5.95 Å². The summed E-state index contributed by atoms with van der Waals surface area (Å²) in [5.74, 6) is 1.30. The van der Waals surface area contributed by atoms with E-state index >= 15 is 0 Å². The molecule has 0 radical (unpaired) electrons. The van der Waals surface area contributed by atoms with Gasteiger partial charge in [0.1, 0.15) is 0 Å². The molecule has 2 heterocycles. The van der Waals surface area contributed by atoms with Gasteiger partial charge in [-0.3, -0.25) is 4.90 Å². The summed E-state index contributed by atoms with van der Waals surface area (Å²) in [7, 11) is 2.19. The zero-order valence-corrected chi connectivity index (χ0v) is 12.2. The standard InChI is InChI=1S/C13H25N5O/c1-4-12-15-13(16-19-12)14-6-5-11(2)18-9-7-17(3)8-10-18/h11H,4-10H2,1-3H3,(H,14,16). The van der Waals surface area contributed by atoms with Crippen LogP contribution in [-0.2, 0) is 6.42 Å². The van der Waals surface area contributed by atoms with Crippen LogP contribution in [0.15, 0.2) is 4.52 Å². The van der Waals surface area contributed by atoms with Gasteiger partial charge in [0.2, 0.25) is 5.89 Å². The molecule has 0 aliphatic carbocycles.